The minimum absolute atomic E-state index is 0.0601. The van der Waals surface area contributed by atoms with Crippen molar-refractivity contribution in [2.45, 2.75) is 83.4 Å². The van der Waals surface area contributed by atoms with Gasteiger partial charge in [0.1, 0.15) is 12.2 Å². The third kappa shape index (κ3) is 3.87. The second-order valence-electron chi connectivity index (χ2n) is 10.6. The highest BCUT2D eigenvalue weighted by Crippen LogP contribution is 2.64. The number of rotatable bonds is 5. The number of carbonyl (C=O) groups is 2. The molecule has 0 radical (unpaired) electrons. The van der Waals surface area contributed by atoms with Crippen LogP contribution in [0.2, 0.25) is 0 Å². The van der Waals surface area contributed by atoms with Crippen molar-refractivity contribution in [2.24, 2.45) is 17.3 Å². The van der Waals surface area contributed by atoms with Crippen LogP contribution in [0.3, 0.4) is 0 Å². The van der Waals surface area contributed by atoms with E-state index in [4.69, 9.17) is 18.9 Å². The van der Waals surface area contributed by atoms with E-state index in [0.717, 1.165) is 0 Å². The van der Waals surface area contributed by atoms with Gasteiger partial charge in [0.05, 0.1) is 30.0 Å². The van der Waals surface area contributed by atoms with Crippen molar-refractivity contribution >= 4 is 11.9 Å². The number of phenolic OH excluding ortho intramolecular Hbond substituents is 1. The number of hydrogen-bond acceptors (Lipinski definition) is 8. The Labute approximate surface area is 194 Å². The highest BCUT2D eigenvalue weighted by molar-refractivity contribution is 5.90. The SMILES string of the molecule is COc1cc(C(=O)O[C@H]2C[C@@]3(C)O[C@H]3C[C@]3(C)[C@@H]2[C@](O)(C(C)C)C[C@H]3OC(C)=O)ccc1O. The first-order valence-electron chi connectivity index (χ1n) is 11.5. The van der Waals surface area contributed by atoms with E-state index in [0.29, 0.717) is 12.8 Å². The molecule has 3 aliphatic rings. The van der Waals surface area contributed by atoms with Gasteiger partial charge in [0, 0.05) is 31.1 Å². The van der Waals surface area contributed by atoms with Crippen molar-refractivity contribution < 1.29 is 38.7 Å². The number of hydrogen-bond donors (Lipinski definition) is 2. The van der Waals surface area contributed by atoms with Gasteiger partial charge in [-0.15, -0.1) is 0 Å². The average Bonchev–Trinajstić information content (AvgIpc) is 3.29. The Morgan fingerprint density at radius 3 is 2.45 bits per heavy atom. The van der Waals surface area contributed by atoms with Crippen LogP contribution < -0.4 is 4.74 Å². The second-order valence-corrected chi connectivity index (χ2v) is 10.6. The van der Waals surface area contributed by atoms with E-state index < -0.39 is 46.7 Å². The fraction of sp³-hybridized carbons (Fsp3) is 0.680. The van der Waals surface area contributed by atoms with Gasteiger partial charge in [-0.2, -0.15) is 0 Å². The summed E-state index contributed by atoms with van der Waals surface area (Å²) in [6.45, 7) is 9.23. The van der Waals surface area contributed by atoms with Crippen LogP contribution in [-0.4, -0.2) is 58.8 Å². The predicted octanol–water partition coefficient (Wildman–Crippen LogP) is 3.22. The summed E-state index contributed by atoms with van der Waals surface area (Å²) in [5.74, 6) is -1.49. The summed E-state index contributed by atoms with van der Waals surface area (Å²) in [5.41, 5.74) is -2.07. The number of ether oxygens (including phenoxy) is 4. The van der Waals surface area contributed by atoms with Crippen LogP contribution in [0.25, 0.3) is 0 Å². The lowest BCUT2D eigenvalue weighted by Crippen LogP contribution is -2.51. The maximum Gasteiger partial charge on any atom is 0.338 e. The molecule has 8 heteroatoms. The van der Waals surface area contributed by atoms with Gasteiger partial charge in [-0.25, -0.2) is 4.79 Å². The molecule has 3 fully saturated rings. The number of esters is 2. The normalized spacial score (nSPS) is 39.3. The summed E-state index contributed by atoms with van der Waals surface area (Å²) in [5, 5.41) is 21.8. The number of phenols is 1. The lowest BCUT2D eigenvalue weighted by atomic mass is 9.67. The van der Waals surface area contributed by atoms with E-state index in [9.17, 15) is 19.8 Å². The molecule has 4 rings (SSSR count). The number of benzene rings is 1. The topological polar surface area (TPSA) is 115 Å². The van der Waals surface area contributed by atoms with E-state index in [1.165, 1.54) is 32.2 Å². The second kappa shape index (κ2) is 7.87. The summed E-state index contributed by atoms with van der Waals surface area (Å²) in [7, 11) is 1.41. The highest BCUT2D eigenvalue weighted by atomic mass is 16.6. The molecule has 0 unspecified atom stereocenters. The molecule has 2 aliphatic carbocycles. The first kappa shape index (κ1) is 23.8. The first-order chi connectivity index (χ1) is 15.3. The van der Waals surface area contributed by atoms with Gasteiger partial charge < -0.3 is 29.2 Å². The zero-order chi connectivity index (χ0) is 24.3. The molecule has 0 bridgehead atoms. The van der Waals surface area contributed by atoms with Crippen LogP contribution in [0.1, 0.15) is 64.2 Å². The van der Waals surface area contributed by atoms with Gasteiger partial charge in [0.15, 0.2) is 11.5 Å². The molecule has 1 saturated heterocycles. The number of aliphatic hydroxyl groups is 1. The quantitative estimate of drug-likeness (QED) is 0.506. The van der Waals surface area contributed by atoms with E-state index in [1.54, 1.807) is 0 Å². The summed E-state index contributed by atoms with van der Waals surface area (Å²) in [6.07, 6.45) is 0.0653. The smallest absolute Gasteiger partial charge is 0.338 e. The lowest BCUT2D eigenvalue weighted by molar-refractivity contribution is -0.155. The Hall–Kier alpha value is -2.32. The van der Waals surface area contributed by atoms with Crippen molar-refractivity contribution in [2.75, 3.05) is 7.11 Å². The molecular weight excluding hydrogens is 428 g/mol. The molecule has 0 spiro atoms. The number of carbonyl (C=O) groups excluding carboxylic acids is 2. The molecule has 1 aromatic carbocycles. The van der Waals surface area contributed by atoms with Gasteiger partial charge >= 0.3 is 11.9 Å². The maximum absolute atomic E-state index is 13.2. The summed E-state index contributed by atoms with van der Waals surface area (Å²) < 4.78 is 22.9. The zero-order valence-corrected chi connectivity index (χ0v) is 20.1. The fourth-order valence-corrected chi connectivity index (χ4v) is 6.17. The Kier molecular flexibility index (Phi) is 5.69. The average molecular weight is 463 g/mol. The predicted molar refractivity (Wildman–Crippen MR) is 118 cm³/mol. The molecule has 2 N–H and O–H groups in total. The van der Waals surface area contributed by atoms with Gasteiger partial charge in [-0.3, -0.25) is 4.79 Å². The van der Waals surface area contributed by atoms with Crippen molar-refractivity contribution in [3.63, 3.8) is 0 Å². The van der Waals surface area contributed by atoms with Gasteiger partial charge in [0.25, 0.3) is 0 Å². The molecule has 1 aromatic rings. The molecule has 0 aromatic heterocycles. The van der Waals surface area contributed by atoms with Crippen molar-refractivity contribution in [1.82, 2.24) is 0 Å². The molecule has 7 atom stereocenters. The lowest BCUT2D eigenvalue weighted by Gasteiger charge is -2.44. The Bertz CT molecular complexity index is 960. The Morgan fingerprint density at radius 1 is 1.15 bits per heavy atom. The largest absolute Gasteiger partial charge is 0.504 e. The maximum atomic E-state index is 13.2. The van der Waals surface area contributed by atoms with Crippen molar-refractivity contribution in [1.29, 1.82) is 0 Å². The first-order valence-corrected chi connectivity index (χ1v) is 11.5. The summed E-state index contributed by atoms with van der Waals surface area (Å²) >= 11 is 0. The van der Waals surface area contributed by atoms with Crippen LogP contribution in [0.15, 0.2) is 18.2 Å². The standard InChI is InChI=1S/C25H34O8/c1-13(2)25(29)12-19(31-14(3)26)23(4)11-20-24(5,33-20)10-18(21(23)25)32-22(28)15-7-8-16(27)17(9-15)30-6/h7-9,13,18-21,27,29H,10-12H2,1-6H3/t18-,19+,20-,21+,23-,24+,25+/m0/s1. The fourth-order valence-electron chi connectivity index (χ4n) is 6.17. The van der Waals surface area contributed by atoms with Gasteiger partial charge in [-0.1, -0.05) is 20.8 Å². The van der Waals surface area contributed by atoms with Crippen LogP contribution in [0.4, 0.5) is 0 Å². The monoisotopic (exact) mass is 462 g/mol. The third-order valence-corrected chi connectivity index (χ3v) is 8.12. The summed E-state index contributed by atoms with van der Waals surface area (Å²) in [6, 6.07) is 4.28. The van der Waals surface area contributed by atoms with Crippen molar-refractivity contribution in [3.8, 4) is 11.5 Å². The molecular formula is C25H34O8. The van der Waals surface area contributed by atoms with E-state index in [2.05, 4.69) is 0 Å². The zero-order valence-electron chi connectivity index (χ0n) is 20.1. The van der Waals surface area contributed by atoms with Crippen molar-refractivity contribution in [3.05, 3.63) is 23.8 Å². The van der Waals surface area contributed by atoms with Crippen LogP contribution >= 0.6 is 0 Å². The third-order valence-electron chi connectivity index (χ3n) is 8.12. The number of epoxide rings is 1. The van der Waals surface area contributed by atoms with Crippen LogP contribution in [0, 0.1) is 17.3 Å². The van der Waals surface area contributed by atoms with Gasteiger partial charge in [0.2, 0.25) is 0 Å². The van der Waals surface area contributed by atoms with Crippen LogP contribution in [0.5, 0.6) is 11.5 Å². The minimum atomic E-state index is -1.19. The van der Waals surface area contributed by atoms with Crippen LogP contribution in [-0.2, 0) is 19.0 Å². The molecule has 8 nitrogen and oxygen atoms in total. The summed E-state index contributed by atoms with van der Waals surface area (Å²) in [4.78, 5) is 25.1. The van der Waals surface area contributed by atoms with E-state index in [-0.39, 0.29) is 35.5 Å². The Morgan fingerprint density at radius 2 is 1.85 bits per heavy atom. The van der Waals surface area contributed by atoms with E-state index in [1.807, 2.05) is 27.7 Å². The molecule has 33 heavy (non-hydrogen) atoms. The number of methoxy groups -OCH3 is 1. The number of fused-ring (bicyclic) bond motifs is 2. The van der Waals surface area contributed by atoms with E-state index >= 15 is 0 Å². The highest BCUT2D eigenvalue weighted by Gasteiger charge is 2.71. The molecule has 1 heterocycles. The Balaban J connectivity index is 1.73. The van der Waals surface area contributed by atoms with Gasteiger partial charge in [-0.05, 0) is 37.5 Å². The number of aromatic hydroxyl groups is 1. The molecule has 2 saturated carbocycles. The molecule has 1 aliphatic heterocycles. The molecule has 182 valence electrons. The minimum Gasteiger partial charge on any atom is -0.504 e. The molecule has 0 amide bonds.